The number of nitrogens with zero attached hydrogens (tertiary/aromatic N) is 2. The van der Waals surface area contributed by atoms with E-state index in [1.165, 1.54) is 0 Å². The maximum atomic E-state index is 5.12. The van der Waals surface area contributed by atoms with E-state index in [9.17, 15) is 0 Å². The predicted molar refractivity (Wildman–Crippen MR) is 65.9 cm³/mol. The molecule has 0 aliphatic rings. The minimum atomic E-state index is 0.00749. The van der Waals surface area contributed by atoms with E-state index in [0.29, 0.717) is 11.8 Å². The number of methoxy groups -OCH3 is 1. The molecule has 0 aliphatic carbocycles. The summed E-state index contributed by atoms with van der Waals surface area (Å²) in [4.78, 5) is 8.62. The van der Waals surface area contributed by atoms with Crippen LogP contribution in [0.1, 0.15) is 39.3 Å². The molecule has 0 amide bonds. The number of anilines is 1. The molecule has 1 aromatic heterocycles. The molecule has 1 heterocycles. The normalized spacial score (nSPS) is 11.3. The van der Waals surface area contributed by atoms with Crippen LogP contribution in [0.25, 0.3) is 0 Å². The molecule has 90 valence electrons. The summed E-state index contributed by atoms with van der Waals surface area (Å²) < 4.78 is 5.12. The van der Waals surface area contributed by atoms with Gasteiger partial charge >= 0.3 is 0 Å². The van der Waals surface area contributed by atoms with E-state index in [2.05, 4.69) is 36.1 Å². The number of aromatic nitrogens is 2. The summed E-state index contributed by atoms with van der Waals surface area (Å²) in [5.41, 5.74) is 0.912. The van der Waals surface area contributed by atoms with E-state index in [0.717, 1.165) is 18.5 Å². The number of aryl methyl sites for hydroxylation is 1. The van der Waals surface area contributed by atoms with Gasteiger partial charge in [-0.3, -0.25) is 0 Å². The highest BCUT2D eigenvalue weighted by Gasteiger charge is 2.17. The van der Waals surface area contributed by atoms with Crippen LogP contribution >= 0.6 is 0 Å². The molecule has 0 aromatic carbocycles. The van der Waals surface area contributed by atoms with Crippen LogP contribution in [0, 0.1) is 6.92 Å². The summed E-state index contributed by atoms with van der Waals surface area (Å²) >= 11 is 0. The lowest BCUT2D eigenvalue weighted by Gasteiger charge is -2.25. The topological polar surface area (TPSA) is 47.0 Å². The van der Waals surface area contributed by atoms with Crippen molar-refractivity contribution in [1.82, 2.24) is 9.97 Å². The molecule has 1 N–H and O–H groups in total. The van der Waals surface area contributed by atoms with Crippen LogP contribution in [0.3, 0.4) is 0 Å². The molecule has 0 bridgehead atoms. The van der Waals surface area contributed by atoms with Gasteiger partial charge in [-0.25, -0.2) is 4.98 Å². The lowest BCUT2D eigenvalue weighted by atomic mass is 9.99. The van der Waals surface area contributed by atoms with Gasteiger partial charge in [0.2, 0.25) is 11.8 Å². The van der Waals surface area contributed by atoms with E-state index in [-0.39, 0.29) is 5.54 Å². The van der Waals surface area contributed by atoms with E-state index < -0.39 is 0 Å². The Bertz CT molecular complexity index is 350. The Morgan fingerprint density at radius 3 is 2.62 bits per heavy atom. The van der Waals surface area contributed by atoms with Crippen LogP contribution in [0.15, 0.2) is 6.07 Å². The number of nitrogens with one attached hydrogen (secondary N) is 1. The van der Waals surface area contributed by atoms with Gasteiger partial charge in [0.25, 0.3) is 0 Å². The highest BCUT2D eigenvalue weighted by atomic mass is 16.5. The molecule has 4 heteroatoms. The van der Waals surface area contributed by atoms with Crippen LogP contribution in [0.4, 0.5) is 5.95 Å². The summed E-state index contributed by atoms with van der Waals surface area (Å²) in [6.45, 7) is 8.40. The van der Waals surface area contributed by atoms with E-state index in [1.807, 2.05) is 13.0 Å². The Labute approximate surface area is 97.5 Å². The summed E-state index contributed by atoms with van der Waals surface area (Å²) in [7, 11) is 1.61. The van der Waals surface area contributed by atoms with Crippen molar-refractivity contribution in [1.29, 1.82) is 0 Å². The molecule has 0 saturated heterocycles. The SMILES string of the molecule is CCCC(C)(C)Nc1nc(C)cc(OC)n1. The van der Waals surface area contributed by atoms with Gasteiger partial charge < -0.3 is 10.1 Å². The third-order valence-electron chi connectivity index (χ3n) is 2.37. The van der Waals surface area contributed by atoms with Crippen molar-refractivity contribution in [2.75, 3.05) is 12.4 Å². The zero-order chi connectivity index (χ0) is 12.2. The fourth-order valence-electron chi connectivity index (χ4n) is 1.69. The average molecular weight is 223 g/mol. The van der Waals surface area contributed by atoms with Crippen LogP contribution in [0.2, 0.25) is 0 Å². The Morgan fingerprint density at radius 2 is 2.06 bits per heavy atom. The zero-order valence-corrected chi connectivity index (χ0v) is 10.8. The van der Waals surface area contributed by atoms with Gasteiger partial charge in [-0.15, -0.1) is 0 Å². The van der Waals surface area contributed by atoms with Crippen molar-refractivity contribution < 1.29 is 4.74 Å². The van der Waals surface area contributed by atoms with Gasteiger partial charge in [0.05, 0.1) is 7.11 Å². The van der Waals surface area contributed by atoms with Gasteiger partial charge in [0.15, 0.2) is 0 Å². The highest BCUT2D eigenvalue weighted by Crippen LogP contribution is 2.19. The van der Waals surface area contributed by atoms with E-state index >= 15 is 0 Å². The molecule has 0 spiro atoms. The Morgan fingerprint density at radius 1 is 1.38 bits per heavy atom. The minimum Gasteiger partial charge on any atom is -0.481 e. The van der Waals surface area contributed by atoms with Crippen LogP contribution in [-0.4, -0.2) is 22.6 Å². The molecule has 16 heavy (non-hydrogen) atoms. The maximum Gasteiger partial charge on any atom is 0.226 e. The number of hydrogen-bond donors (Lipinski definition) is 1. The fraction of sp³-hybridized carbons (Fsp3) is 0.667. The Balaban J connectivity index is 2.84. The largest absolute Gasteiger partial charge is 0.481 e. The first-order valence-corrected chi connectivity index (χ1v) is 5.64. The van der Waals surface area contributed by atoms with Crippen molar-refractivity contribution in [3.05, 3.63) is 11.8 Å². The summed E-state index contributed by atoms with van der Waals surface area (Å²) in [5, 5.41) is 3.33. The van der Waals surface area contributed by atoms with E-state index in [4.69, 9.17) is 4.74 Å². The lowest BCUT2D eigenvalue weighted by molar-refractivity contribution is 0.396. The van der Waals surface area contributed by atoms with E-state index in [1.54, 1.807) is 7.11 Å². The minimum absolute atomic E-state index is 0.00749. The third kappa shape index (κ3) is 3.68. The van der Waals surface area contributed by atoms with Gasteiger partial charge in [0, 0.05) is 17.3 Å². The average Bonchev–Trinajstić information content (AvgIpc) is 2.15. The number of ether oxygens (including phenoxy) is 1. The highest BCUT2D eigenvalue weighted by molar-refractivity contribution is 5.33. The monoisotopic (exact) mass is 223 g/mol. The number of hydrogen-bond acceptors (Lipinski definition) is 4. The second kappa shape index (κ2) is 5.14. The molecule has 1 rings (SSSR count). The first-order valence-electron chi connectivity index (χ1n) is 5.64. The summed E-state index contributed by atoms with van der Waals surface area (Å²) in [5.74, 6) is 1.23. The van der Waals surface area contributed by atoms with Crippen LogP contribution < -0.4 is 10.1 Å². The maximum absolute atomic E-state index is 5.12. The zero-order valence-electron chi connectivity index (χ0n) is 10.8. The third-order valence-corrected chi connectivity index (χ3v) is 2.37. The van der Waals surface area contributed by atoms with Crippen LogP contribution in [-0.2, 0) is 0 Å². The second-order valence-corrected chi connectivity index (χ2v) is 4.63. The second-order valence-electron chi connectivity index (χ2n) is 4.63. The van der Waals surface area contributed by atoms with Crippen molar-refractivity contribution in [2.24, 2.45) is 0 Å². The van der Waals surface area contributed by atoms with Gasteiger partial charge in [0.1, 0.15) is 0 Å². The molecule has 0 aliphatic heterocycles. The van der Waals surface area contributed by atoms with Gasteiger partial charge in [-0.05, 0) is 27.2 Å². The lowest BCUT2D eigenvalue weighted by Crippen LogP contribution is -2.31. The number of rotatable bonds is 5. The first-order chi connectivity index (χ1) is 7.46. The quantitative estimate of drug-likeness (QED) is 0.833. The molecule has 0 fully saturated rings. The standard InChI is InChI=1S/C12H21N3O/c1-6-7-12(3,4)15-11-13-9(2)8-10(14-11)16-5/h8H,6-7H2,1-5H3,(H,13,14,15). The molecule has 0 unspecified atom stereocenters. The molecule has 1 aromatic rings. The van der Waals surface area contributed by atoms with Gasteiger partial charge in [-0.2, -0.15) is 4.98 Å². The molecule has 0 saturated carbocycles. The molecule has 0 atom stereocenters. The molecular formula is C12H21N3O. The predicted octanol–water partition coefficient (Wildman–Crippen LogP) is 2.78. The Kier molecular flexibility index (Phi) is 4.10. The summed E-state index contributed by atoms with van der Waals surface area (Å²) in [6, 6.07) is 1.82. The summed E-state index contributed by atoms with van der Waals surface area (Å²) in [6.07, 6.45) is 2.20. The van der Waals surface area contributed by atoms with Crippen molar-refractivity contribution in [3.8, 4) is 5.88 Å². The van der Waals surface area contributed by atoms with Crippen molar-refractivity contribution in [3.63, 3.8) is 0 Å². The van der Waals surface area contributed by atoms with Crippen molar-refractivity contribution >= 4 is 5.95 Å². The van der Waals surface area contributed by atoms with Gasteiger partial charge in [-0.1, -0.05) is 13.3 Å². The fourth-order valence-corrected chi connectivity index (χ4v) is 1.69. The first kappa shape index (κ1) is 12.7. The smallest absolute Gasteiger partial charge is 0.226 e. The Hall–Kier alpha value is -1.32. The van der Waals surface area contributed by atoms with Crippen molar-refractivity contribution in [2.45, 2.75) is 46.1 Å². The molecule has 4 nitrogen and oxygen atoms in total. The molecular weight excluding hydrogens is 202 g/mol. The molecule has 0 radical (unpaired) electrons. The van der Waals surface area contributed by atoms with Crippen LogP contribution in [0.5, 0.6) is 5.88 Å².